The second-order valence-electron chi connectivity index (χ2n) is 4.39. The van der Waals surface area contributed by atoms with Crippen molar-refractivity contribution in [1.82, 2.24) is 4.98 Å². The van der Waals surface area contributed by atoms with Crippen molar-refractivity contribution in [2.24, 2.45) is 10.9 Å². The highest BCUT2D eigenvalue weighted by Crippen LogP contribution is 2.29. The summed E-state index contributed by atoms with van der Waals surface area (Å²) in [5, 5.41) is 11.8. The van der Waals surface area contributed by atoms with Gasteiger partial charge in [-0.2, -0.15) is 0 Å². The molecule has 3 N–H and O–H groups in total. The fraction of sp³-hybridized carbons (Fsp3) is 0.143. The Morgan fingerprint density at radius 2 is 2.10 bits per heavy atom. The van der Waals surface area contributed by atoms with Crippen LogP contribution < -0.4 is 10.5 Å². The predicted octanol–water partition coefficient (Wildman–Crippen LogP) is 3.38. The minimum Gasteiger partial charge on any atom is -0.456 e. The molecule has 2 aromatic rings. The van der Waals surface area contributed by atoms with Crippen molar-refractivity contribution in [1.29, 1.82) is 0 Å². The summed E-state index contributed by atoms with van der Waals surface area (Å²) in [6, 6.07) is 5.68. The molecular formula is C14H13ClFN3O2. The lowest BCUT2D eigenvalue weighted by molar-refractivity contribution is 0.318. The first-order chi connectivity index (χ1) is 9.92. The molecule has 1 heterocycles. The van der Waals surface area contributed by atoms with Crippen molar-refractivity contribution >= 4 is 17.4 Å². The number of aromatic nitrogens is 1. The Morgan fingerprint density at radius 3 is 2.71 bits per heavy atom. The van der Waals surface area contributed by atoms with E-state index in [1.165, 1.54) is 12.1 Å². The van der Waals surface area contributed by atoms with Gasteiger partial charge in [0.1, 0.15) is 17.3 Å². The monoisotopic (exact) mass is 309 g/mol. The van der Waals surface area contributed by atoms with Crippen LogP contribution in [0.3, 0.4) is 0 Å². The van der Waals surface area contributed by atoms with E-state index >= 15 is 0 Å². The van der Waals surface area contributed by atoms with Gasteiger partial charge in [0, 0.05) is 17.8 Å². The Labute approximate surface area is 125 Å². The molecule has 0 fully saturated rings. The zero-order chi connectivity index (χ0) is 15.6. The van der Waals surface area contributed by atoms with Crippen LogP contribution >= 0.6 is 11.6 Å². The minimum absolute atomic E-state index is 0.00102. The fourth-order valence-corrected chi connectivity index (χ4v) is 2.02. The van der Waals surface area contributed by atoms with Crippen LogP contribution in [0.1, 0.15) is 17.0 Å². The van der Waals surface area contributed by atoms with Crippen molar-refractivity contribution in [2.45, 2.75) is 13.8 Å². The Balaban J connectivity index is 2.50. The van der Waals surface area contributed by atoms with Crippen LogP contribution in [0.2, 0.25) is 5.02 Å². The van der Waals surface area contributed by atoms with E-state index in [9.17, 15) is 4.39 Å². The van der Waals surface area contributed by atoms with Gasteiger partial charge in [-0.25, -0.2) is 4.39 Å². The van der Waals surface area contributed by atoms with E-state index in [1.807, 2.05) is 0 Å². The molecule has 0 saturated heterocycles. The number of nitrogens with two attached hydrogens (primary N) is 1. The van der Waals surface area contributed by atoms with Crippen molar-refractivity contribution in [3.63, 3.8) is 0 Å². The van der Waals surface area contributed by atoms with Crippen LogP contribution in [0, 0.1) is 19.7 Å². The van der Waals surface area contributed by atoms with Crippen LogP contribution in [0.4, 0.5) is 4.39 Å². The first-order valence-corrected chi connectivity index (χ1v) is 6.39. The molecule has 0 amide bonds. The number of rotatable bonds is 3. The summed E-state index contributed by atoms with van der Waals surface area (Å²) in [6.07, 6.45) is 0. The second-order valence-corrected chi connectivity index (χ2v) is 4.79. The van der Waals surface area contributed by atoms with E-state index < -0.39 is 5.82 Å². The number of aryl methyl sites for hydroxylation is 2. The molecule has 0 bridgehead atoms. The molecule has 0 radical (unpaired) electrons. The third kappa shape index (κ3) is 3.22. The molecule has 7 heteroatoms. The van der Waals surface area contributed by atoms with E-state index in [0.717, 1.165) is 6.07 Å². The van der Waals surface area contributed by atoms with Crippen molar-refractivity contribution in [2.75, 3.05) is 0 Å². The summed E-state index contributed by atoms with van der Waals surface area (Å²) in [5.41, 5.74) is 7.21. The third-order valence-corrected chi connectivity index (χ3v) is 3.08. The molecule has 0 aliphatic carbocycles. The predicted molar refractivity (Wildman–Crippen MR) is 77.7 cm³/mol. The van der Waals surface area contributed by atoms with E-state index in [0.29, 0.717) is 22.7 Å². The average molecular weight is 310 g/mol. The molecule has 0 aliphatic heterocycles. The molecule has 0 spiro atoms. The van der Waals surface area contributed by atoms with Gasteiger partial charge in [0.25, 0.3) is 0 Å². The Bertz CT molecular complexity index is 720. The number of nitrogens with zero attached hydrogens (tertiary/aromatic N) is 2. The van der Waals surface area contributed by atoms with E-state index in [1.54, 1.807) is 19.9 Å². The molecular weight excluding hydrogens is 297 g/mol. The fourth-order valence-electron chi connectivity index (χ4n) is 1.90. The number of hydrogen-bond donors (Lipinski definition) is 2. The highest BCUT2D eigenvalue weighted by Gasteiger charge is 2.15. The van der Waals surface area contributed by atoms with Gasteiger partial charge in [-0.1, -0.05) is 16.8 Å². The number of pyridine rings is 1. The van der Waals surface area contributed by atoms with Crippen LogP contribution in [-0.2, 0) is 0 Å². The summed E-state index contributed by atoms with van der Waals surface area (Å²) in [6.45, 7) is 3.48. The Morgan fingerprint density at radius 1 is 1.38 bits per heavy atom. The number of hydrogen-bond acceptors (Lipinski definition) is 4. The summed E-state index contributed by atoms with van der Waals surface area (Å²) in [5.74, 6) is -0.169. The second kappa shape index (κ2) is 5.97. The standard InChI is InChI=1S/C14H13ClFN3O2/c1-7-5-12(13(8(2)18-7)14(17)19-20)21-9-3-4-10(15)11(16)6-9/h3-6,20H,1-2H3,(H2,17,19). The minimum atomic E-state index is -0.595. The molecule has 5 nitrogen and oxygen atoms in total. The lowest BCUT2D eigenvalue weighted by atomic mass is 10.1. The SMILES string of the molecule is Cc1cc(Oc2ccc(Cl)c(F)c2)c(/C(N)=N/O)c(C)n1. The van der Waals surface area contributed by atoms with E-state index in [4.69, 9.17) is 27.3 Å². The van der Waals surface area contributed by atoms with Crippen LogP contribution in [0.15, 0.2) is 29.4 Å². The topological polar surface area (TPSA) is 80.7 Å². The number of oxime groups is 1. The molecule has 0 unspecified atom stereocenters. The molecule has 110 valence electrons. The maximum Gasteiger partial charge on any atom is 0.175 e. The number of amidine groups is 1. The Kier molecular flexibility index (Phi) is 4.28. The quantitative estimate of drug-likeness (QED) is 0.394. The van der Waals surface area contributed by atoms with Gasteiger partial charge in [-0.3, -0.25) is 4.98 Å². The molecule has 21 heavy (non-hydrogen) atoms. The zero-order valence-corrected chi connectivity index (χ0v) is 12.1. The zero-order valence-electron chi connectivity index (χ0n) is 11.4. The molecule has 1 aromatic heterocycles. The van der Waals surface area contributed by atoms with E-state index in [2.05, 4.69) is 10.1 Å². The summed E-state index contributed by atoms with van der Waals surface area (Å²) in [7, 11) is 0. The highest BCUT2D eigenvalue weighted by atomic mass is 35.5. The van der Waals surface area contributed by atoms with Crippen LogP contribution in [0.5, 0.6) is 11.5 Å². The first-order valence-electron chi connectivity index (χ1n) is 6.01. The van der Waals surface area contributed by atoms with Crippen LogP contribution in [-0.4, -0.2) is 16.0 Å². The molecule has 0 saturated carbocycles. The van der Waals surface area contributed by atoms with Gasteiger partial charge in [0.05, 0.1) is 16.3 Å². The highest BCUT2D eigenvalue weighted by molar-refractivity contribution is 6.30. The van der Waals surface area contributed by atoms with E-state index in [-0.39, 0.29) is 16.6 Å². The smallest absolute Gasteiger partial charge is 0.175 e. The normalized spacial score (nSPS) is 11.5. The largest absolute Gasteiger partial charge is 0.456 e. The lowest BCUT2D eigenvalue weighted by Crippen LogP contribution is -2.17. The molecule has 2 rings (SSSR count). The van der Waals surface area contributed by atoms with Crippen molar-refractivity contribution < 1.29 is 14.3 Å². The molecule has 0 atom stereocenters. The Hall–Kier alpha value is -2.34. The lowest BCUT2D eigenvalue weighted by Gasteiger charge is -2.13. The number of benzene rings is 1. The third-order valence-electron chi connectivity index (χ3n) is 2.77. The van der Waals surface area contributed by atoms with Crippen molar-refractivity contribution in [3.8, 4) is 11.5 Å². The van der Waals surface area contributed by atoms with Gasteiger partial charge in [0.2, 0.25) is 0 Å². The summed E-state index contributed by atoms with van der Waals surface area (Å²) >= 11 is 5.63. The number of halogens is 2. The first kappa shape index (κ1) is 15.1. The van der Waals surface area contributed by atoms with Crippen LogP contribution in [0.25, 0.3) is 0 Å². The number of ether oxygens (including phenoxy) is 1. The van der Waals surface area contributed by atoms with Gasteiger partial charge in [0.15, 0.2) is 5.84 Å². The van der Waals surface area contributed by atoms with Gasteiger partial charge < -0.3 is 15.7 Å². The molecule has 1 aromatic carbocycles. The summed E-state index contributed by atoms with van der Waals surface area (Å²) < 4.78 is 19.1. The average Bonchev–Trinajstić information content (AvgIpc) is 2.41. The van der Waals surface area contributed by atoms with Gasteiger partial charge >= 0.3 is 0 Å². The maximum absolute atomic E-state index is 13.5. The van der Waals surface area contributed by atoms with Gasteiger partial charge in [-0.05, 0) is 26.0 Å². The molecule has 0 aliphatic rings. The van der Waals surface area contributed by atoms with Gasteiger partial charge in [-0.15, -0.1) is 0 Å². The summed E-state index contributed by atoms with van der Waals surface area (Å²) in [4.78, 5) is 4.23. The maximum atomic E-state index is 13.5. The van der Waals surface area contributed by atoms with Crippen molar-refractivity contribution in [3.05, 3.63) is 52.1 Å².